The zero-order valence-electron chi connectivity index (χ0n) is 13.3. The van der Waals surface area contributed by atoms with Crippen molar-refractivity contribution in [3.05, 3.63) is 53.6 Å². The molecule has 1 atom stereocenters. The number of hydrogen-bond donors (Lipinski definition) is 5. The minimum Gasteiger partial charge on any atom is -0.379 e. The second-order valence-corrected chi connectivity index (χ2v) is 7.52. The van der Waals surface area contributed by atoms with E-state index in [1.165, 1.54) is 34.7 Å². The lowest BCUT2D eigenvalue weighted by molar-refractivity contribution is 0.737. The average molecular weight is 363 g/mol. The number of imidazole rings is 1. The molecule has 7 N–H and O–H groups in total. The molecule has 2 rings (SSSR count). The predicted octanol–water partition coefficient (Wildman–Crippen LogP) is 2.53. The number of aromatic nitrogens is 2. The first kappa shape index (κ1) is 18.4. The molecule has 0 bridgehead atoms. The quantitative estimate of drug-likeness (QED) is 0.364. The first-order chi connectivity index (χ1) is 11.5. The molecule has 0 radical (unpaired) electrons. The highest BCUT2D eigenvalue weighted by Gasteiger charge is 2.15. The monoisotopic (exact) mass is 362 g/mol. The highest BCUT2D eigenvalue weighted by Crippen LogP contribution is 2.25. The molecule has 0 saturated heterocycles. The summed E-state index contributed by atoms with van der Waals surface area (Å²) in [6.07, 6.45) is 5.24. The van der Waals surface area contributed by atoms with Crippen LogP contribution in [0.2, 0.25) is 0 Å². The Balaban J connectivity index is 2.01. The molecule has 128 valence electrons. The second kappa shape index (κ2) is 9.39. The summed E-state index contributed by atoms with van der Waals surface area (Å²) in [5.41, 5.74) is 13.3. The summed E-state index contributed by atoms with van der Waals surface area (Å²) in [4.78, 5) is 7.43. The van der Waals surface area contributed by atoms with Crippen molar-refractivity contribution in [1.82, 2.24) is 9.97 Å². The van der Waals surface area contributed by atoms with E-state index >= 15 is 0 Å². The molecule has 2 aromatic rings. The van der Waals surface area contributed by atoms with Gasteiger partial charge >= 0.3 is 0 Å². The van der Waals surface area contributed by atoms with Gasteiger partial charge in [-0.2, -0.15) is 0 Å². The Kier molecular flexibility index (Phi) is 7.20. The third kappa shape index (κ3) is 6.29. The van der Waals surface area contributed by atoms with Crippen molar-refractivity contribution in [1.29, 1.82) is 10.8 Å². The van der Waals surface area contributed by atoms with Crippen molar-refractivity contribution in [3.8, 4) is 0 Å². The van der Waals surface area contributed by atoms with Gasteiger partial charge in [-0.1, -0.05) is 47.8 Å². The summed E-state index contributed by atoms with van der Waals surface area (Å²) in [5.74, 6) is 2.73. The van der Waals surface area contributed by atoms with Gasteiger partial charge < -0.3 is 16.5 Å². The SMILES string of the molecule is N=C(N)SCCc1ccc([C@H](CSC(=N)N)Cc2ncc[nH]2)cc1. The van der Waals surface area contributed by atoms with Gasteiger partial charge in [0.15, 0.2) is 10.3 Å². The topological polar surface area (TPSA) is 128 Å². The molecule has 0 unspecified atom stereocenters. The van der Waals surface area contributed by atoms with Crippen LogP contribution in [0.1, 0.15) is 22.9 Å². The molecule has 0 aliphatic carbocycles. The van der Waals surface area contributed by atoms with Crippen molar-refractivity contribution < 1.29 is 0 Å². The molecule has 1 aromatic carbocycles. The summed E-state index contributed by atoms with van der Waals surface area (Å²) in [7, 11) is 0. The van der Waals surface area contributed by atoms with Gasteiger partial charge in [0.25, 0.3) is 0 Å². The van der Waals surface area contributed by atoms with E-state index in [1.54, 1.807) is 6.20 Å². The van der Waals surface area contributed by atoms with E-state index in [4.69, 9.17) is 22.3 Å². The standard InChI is InChI=1S/C16H22N6S2/c17-15(18)23-8-5-11-1-3-12(4-2-11)13(10-24-16(19)20)9-14-21-6-7-22-14/h1-4,6-7,13H,5,8-10H2,(H3,17,18)(H3,19,20)(H,21,22)/t13-/m0/s1. The van der Waals surface area contributed by atoms with Crippen LogP contribution >= 0.6 is 23.5 Å². The predicted molar refractivity (Wildman–Crippen MR) is 104 cm³/mol. The number of nitrogens with one attached hydrogen (secondary N) is 3. The lowest BCUT2D eigenvalue weighted by Crippen LogP contribution is -2.12. The number of amidine groups is 2. The van der Waals surface area contributed by atoms with E-state index in [0.717, 1.165) is 30.2 Å². The lowest BCUT2D eigenvalue weighted by Gasteiger charge is -2.16. The highest BCUT2D eigenvalue weighted by atomic mass is 32.2. The average Bonchev–Trinajstić information content (AvgIpc) is 3.05. The maximum absolute atomic E-state index is 7.43. The van der Waals surface area contributed by atoms with Crippen molar-refractivity contribution in [2.24, 2.45) is 11.5 Å². The highest BCUT2D eigenvalue weighted by molar-refractivity contribution is 8.13. The number of nitrogens with two attached hydrogens (primary N) is 2. The van der Waals surface area contributed by atoms with Crippen LogP contribution in [0, 0.1) is 10.8 Å². The molecule has 6 nitrogen and oxygen atoms in total. The van der Waals surface area contributed by atoms with Crippen LogP contribution in [-0.2, 0) is 12.8 Å². The van der Waals surface area contributed by atoms with Crippen LogP contribution in [0.25, 0.3) is 0 Å². The fourth-order valence-corrected chi connectivity index (χ4v) is 3.59. The van der Waals surface area contributed by atoms with E-state index in [1.807, 2.05) is 6.20 Å². The Morgan fingerprint density at radius 1 is 1.12 bits per heavy atom. The Morgan fingerprint density at radius 2 is 1.83 bits per heavy atom. The Hall–Kier alpha value is -1.93. The maximum atomic E-state index is 7.43. The van der Waals surface area contributed by atoms with Crippen LogP contribution in [0.15, 0.2) is 36.7 Å². The van der Waals surface area contributed by atoms with E-state index in [-0.39, 0.29) is 16.3 Å². The first-order valence-corrected chi connectivity index (χ1v) is 9.52. The molecule has 1 heterocycles. The fraction of sp³-hybridized carbons (Fsp3) is 0.312. The number of H-pyrrole nitrogens is 1. The maximum Gasteiger partial charge on any atom is 0.151 e. The molecule has 0 aliphatic rings. The van der Waals surface area contributed by atoms with Gasteiger partial charge in [-0.05, 0) is 17.5 Å². The number of nitrogens with zero attached hydrogens (tertiary/aromatic N) is 1. The van der Waals surface area contributed by atoms with Crippen molar-refractivity contribution >= 4 is 33.9 Å². The lowest BCUT2D eigenvalue weighted by atomic mass is 9.96. The van der Waals surface area contributed by atoms with Crippen LogP contribution < -0.4 is 11.5 Å². The molecule has 0 aliphatic heterocycles. The second-order valence-electron chi connectivity index (χ2n) is 5.32. The molecule has 1 aromatic heterocycles. The fourth-order valence-electron chi connectivity index (χ4n) is 2.34. The van der Waals surface area contributed by atoms with E-state index in [9.17, 15) is 0 Å². The zero-order valence-corrected chi connectivity index (χ0v) is 14.9. The van der Waals surface area contributed by atoms with Gasteiger partial charge in [0.1, 0.15) is 5.82 Å². The third-order valence-electron chi connectivity index (χ3n) is 3.53. The van der Waals surface area contributed by atoms with Gasteiger partial charge in [0.05, 0.1) is 0 Å². The zero-order chi connectivity index (χ0) is 17.4. The summed E-state index contributed by atoms with van der Waals surface area (Å²) in [6, 6.07) is 8.48. The summed E-state index contributed by atoms with van der Waals surface area (Å²) < 4.78 is 0. The number of thioether (sulfide) groups is 2. The number of hydrogen-bond acceptors (Lipinski definition) is 5. The number of aryl methyl sites for hydroxylation is 1. The molecular weight excluding hydrogens is 340 g/mol. The van der Waals surface area contributed by atoms with Crippen LogP contribution in [0.4, 0.5) is 0 Å². The summed E-state index contributed by atoms with van der Waals surface area (Å²) >= 11 is 2.71. The Bertz CT molecular complexity index is 654. The number of aromatic amines is 1. The molecular formula is C16H22N6S2. The van der Waals surface area contributed by atoms with E-state index in [0.29, 0.717) is 0 Å². The third-order valence-corrected chi connectivity index (χ3v) is 5.13. The number of benzene rings is 1. The van der Waals surface area contributed by atoms with Crippen LogP contribution in [0.5, 0.6) is 0 Å². The van der Waals surface area contributed by atoms with E-state index < -0.39 is 0 Å². The minimum absolute atomic E-state index is 0.136. The first-order valence-electron chi connectivity index (χ1n) is 7.55. The molecule has 0 amide bonds. The van der Waals surface area contributed by atoms with Gasteiger partial charge in [0, 0.05) is 36.2 Å². The van der Waals surface area contributed by atoms with E-state index in [2.05, 4.69) is 34.2 Å². The van der Waals surface area contributed by atoms with Gasteiger partial charge in [-0.15, -0.1) is 0 Å². The molecule has 8 heteroatoms. The van der Waals surface area contributed by atoms with Crippen molar-refractivity contribution in [2.75, 3.05) is 11.5 Å². The van der Waals surface area contributed by atoms with Gasteiger partial charge in [0.2, 0.25) is 0 Å². The molecule has 24 heavy (non-hydrogen) atoms. The largest absolute Gasteiger partial charge is 0.379 e. The van der Waals surface area contributed by atoms with Crippen LogP contribution in [0.3, 0.4) is 0 Å². The Labute approximate surface area is 150 Å². The van der Waals surface area contributed by atoms with Crippen molar-refractivity contribution in [2.45, 2.75) is 18.8 Å². The molecule has 0 spiro atoms. The van der Waals surface area contributed by atoms with Crippen molar-refractivity contribution in [3.63, 3.8) is 0 Å². The summed E-state index contributed by atoms with van der Waals surface area (Å²) in [5, 5.41) is 15.0. The molecule has 0 fully saturated rings. The smallest absolute Gasteiger partial charge is 0.151 e. The number of rotatable bonds is 8. The Morgan fingerprint density at radius 3 is 2.42 bits per heavy atom. The van der Waals surface area contributed by atoms with Gasteiger partial charge in [-0.3, -0.25) is 10.8 Å². The molecule has 0 saturated carbocycles. The van der Waals surface area contributed by atoms with Gasteiger partial charge in [-0.25, -0.2) is 4.98 Å². The normalized spacial score (nSPS) is 12.0. The summed E-state index contributed by atoms with van der Waals surface area (Å²) in [6.45, 7) is 0. The van der Waals surface area contributed by atoms with Crippen LogP contribution in [-0.4, -0.2) is 31.8 Å². The minimum atomic E-state index is 0.136.